The summed E-state index contributed by atoms with van der Waals surface area (Å²) in [5.74, 6) is -1.53. The van der Waals surface area contributed by atoms with Crippen molar-refractivity contribution in [2.24, 2.45) is 0 Å². The molecule has 0 saturated heterocycles. The summed E-state index contributed by atoms with van der Waals surface area (Å²) in [5.41, 5.74) is 0.244. The molecule has 0 saturated carbocycles. The summed E-state index contributed by atoms with van der Waals surface area (Å²) in [6.45, 7) is 3.36. The van der Waals surface area contributed by atoms with Gasteiger partial charge in [0.1, 0.15) is 5.82 Å². The summed E-state index contributed by atoms with van der Waals surface area (Å²) in [6, 6.07) is 5.92. The SMILES string of the molecule is C=CCNC(=O)COC(=O)Cc1ccccc1F. The molecule has 1 aromatic carbocycles. The van der Waals surface area contributed by atoms with Crippen LogP contribution in [0.5, 0.6) is 0 Å². The highest BCUT2D eigenvalue weighted by Gasteiger charge is 2.10. The third-order valence-electron chi connectivity index (χ3n) is 2.10. The lowest BCUT2D eigenvalue weighted by atomic mass is 10.1. The van der Waals surface area contributed by atoms with Crippen molar-refractivity contribution in [3.8, 4) is 0 Å². The maximum atomic E-state index is 13.2. The van der Waals surface area contributed by atoms with Gasteiger partial charge in [-0.3, -0.25) is 9.59 Å². The molecule has 0 unspecified atom stereocenters. The second kappa shape index (κ2) is 7.21. The number of amides is 1. The van der Waals surface area contributed by atoms with E-state index in [0.29, 0.717) is 6.54 Å². The van der Waals surface area contributed by atoms with Crippen LogP contribution in [0, 0.1) is 5.82 Å². The van der Waals surface area contributed by atoms with Crippen molar-refractivity contribution >= 4 is 11.9 Å². The Hall–Kier alpha value is -2.17. The van der Waals surface area contributed by atoms with E-state index in [0.717, 1.165) is 0 Å². The standard InChI is InChI=1S/C13H14FNO3/c1-2-7-15-12(16)9-18-13(17)8-10-5-3-4-6-11(10)14/h2-6H,1,7-9H2,(H,15,16). The van der Waals surface area contributed by atoms with Gasteiger partial charge in [0.2, 0.25) is 0 Å². The zero-order chi connectivity index (χ0) is 13.4. The van der Waals surface area contributed by atoms with Crippen LogP contribution in [0.15, 0.2) is 36.9 Å². The topological polar surface area (TPSA) is 55.4 Å². The van der Waals surface area contributed by atoms with E-state index >= 15 is 0 Å². The van der Waals surface area contributed by atoms with Gasteiger partial charge in [0.25, 0.3) is 5.91 Å². The summed E-state index contributed by atoms with van der Waals surface area (Å²) < 4.78 is 17.9. The predicted molar refractivity (Wildman–Crippen MR) is 64.3 cm³/mol. The fraction of sp³-hybridized carbons (Fsp3) is 0.231. The lowest BCUT2D eigenvalue weighted by molar-refractivity contribution is -0.147. The molecule has 1 rings (SSSR count). The fourth-order valence-corrected chi connectivity index (χ4v) is 1.23. The molecule has 0 spiro atoms. The van der Waals surface area contributed by atoms with Crippen molar-refractivity contribution in [2.45, 2.75) is 6.42 Å². The van der Waals surface area contributed by atoms with Gasteiger partial charge in [-0.1, -0.05) is 24.3 Å². The lowest BCUT2D eigenvalue weighted by Crippen LogP contribution is -2.29. The number of esters is 1. The van der Waals surface area contributed by atoms with Crippen molar-refractivity contribution < 1.29 is 18.7 Å². The van der Waals surface area contributed by atoms with Gasteiger partial charge in [-0.15, -0.1) is 6.58 Å². The van der Waals surface area contributed by atoms with E-state index in [1.807, 2.05) is 0 Å². The van der Waals surface area contributed by atoms with Crippen molar-refractivity contribution in [2.75, 3.05) is 13.2 Å². The van der Waals surface area contributed by atoms with Crippen molar-refractivity contribution in [3.63, 3.8) is 0 Å². The molecule has 1 amide bonds. The van der Waals surface area contributed by atoms with Crippen LogP contribution in [0.4, 0.5) is 4.39 Å². The predicted octanol–water partition coefficient (Wildman–Crippen LogP) is 1.21. The molecule has 0 aliphatic rings. The first-order valence-electron chi connectivity index (χ1n) is 5.40. The Bertz CT molecular complexity index is 446. The fourth-order valence-electron chi connectivity index (χ4n) is 1.23. The summed E-state index contributed by atoms with van der Waals surface area (Å²) in [6.07, 6.45) is 1.32. The average Bonchev–Trinajstić information content (AvgIpc) is 2.36. The molecule has 1 aromatic rings. The zero-order valence-electron chi connectivity index (χ0n) is 9.82. The molecule has 0 aliphatic heterocycles. The minimum atomic E-state index is -0.645. The van der Waals surface area contributed by atoms with Crippen molar-refractivity contribution in [1.29, 1.82) is 0 Å². The van der Waals surface area contributed by atoms with Crippen molar-refractivity contribution in [3.05, 3.63) is 48.3 Å². The number of benzene rings is 1. The van der Waals surface area contributed by atoms with Crippen molar-refractivity contribution in [1.82, 2.24) is 5.32 Å². The molecule has 1 N–H and O–H groups in total. The minimum Gasteiger partial charge on any atom is -0.455 e. The quantitative estimate of drug-likeness (QED) is 0.611. The number of hydrogen-bond acceptors (Lipinski definition) is 3. The largest absolute Gasteiger partial charge is 0.455 e. The smallest absolute Gasteiger partial charge is 0.310 e. The van der Waals surface area contributed by atoms with Crippen LogP contribution in [0.3, 0.4) is 0 Å². The number of nitrogens with one attached hydrogen (secondary N) is 1. The third-order valence-corrected chi connectivity index (χ3v) is 2.10. The van der Waals surface area contributed by atoms with Crippen LogP contribution in [0.1, 0.15) is 5.56 Å². The Morgan fingerprint density at radius 3 is 2.78 bits per heavy atom. The van der Waals surface area contributed by atoms with Crippen LogP contribution in [-0.4, -0.2) is 25.0 Å². The first-order chi connectivity index (χ1) is 8.63. The van der Waals surface area contributed by atoms with E-state index in [9.17, 15) is 14.0 Å². The first kappa shape index (κ1) is 13.9. The lowest BCUT2D eigenvalue weighted by Gasteiger charge is -2.05. The molecule has 4 nitrogen and oxygen atoms in total. The Balaban J connectivity index is 2.36. The van der Waals surface area contributed by atoms with E-state index in [4.69, 9.17) is 4.74 Å². The monoisotopic (exact) mass is 251 g/mol. The van der Waals surface area contributed by atoms with Crippen LogP contribution >= 0.6 is 0 Å². The molecule has 0 aromatic heterocycles. The molecule has 0 fully saturated rings. The second-order valence-electron chi connectivity index (χ2n) is 3.52. The van der Waals surface area contributed by atoms with Gasteiger partial charge < -0.3 is 10.1 Å². The molecular formula is C13H14FNO3. The van der Waals surface area contributed by atoms with Gasteiger partial charge in [-0.2, -0.15) is 0 Å². The Kier molecular flexibility index (Phi) is 5.57. The van der Waals surface area contributed by atoms with Crippen LogP contribution in [0.25, 0.3) is 0 Å². The second-order valence-corrected chi connectivity index (χ2v) is 3.52. The maximum absolute atomic E-state index is 13.2. The Morgan fingerprint density at radius 2 is 2.11 bits per heavy atom. The van der Waals surface area contributed by atoms with E-state index in [1.54, 1.807) is 6.07 Å². The van der Waals surface area contributed by atoms with Crippen LogP contribution < -0.4 is 5.32 Å². The number of ether oxygens (including phenoxy) is 1. The summed E-state index contributed by atoms with van der Waals surface area (Å²) in [7, 11) is 0. The summed E-state index contributed by atoms with van der Waals surface area (Å²) >= 11 is 0. The first-order valence-corrected chi connectivity index (χ1v) is 5.40. The van der Waals surface area contributed by atoms with Gasteiger partial charge in [0.05, 0.1) is 6.42 Å². The molecule has 5 heteroatoms. The van der Waals surface area contributed by atoms with Crippen LogP contribution in [0.2, 0.25) is 0 Å². The van der Waals surface area contributed by atoms with E-state index in [1.165, 1.54) is 24.3 Å². The van der Waals surface area contributed by atoms with Gasteiger partial charge in [-0.05, 0) is 11.6 Å². The average molecular weight is 251 g/mol. The minimum absolute atomic E-state index is 0.193. The number of carbonyl (C=O) groups excluding carboxylic acids is 2. The highest BCUT2D eigenvalue weighted by atomic mass is 19.1. The van der Waals surface area contributed by atoms with Gasteiger partial charge >= 0.3 is 5.97 Å². The van der Waals surface area contributed by atoms with Gasteiger partial charge in [0, 0.05) is 6.54 Å². The molecular weight excluding hydrogens is 237 g/mol. The number of halogens is 1. The van der Waals surface area contributed by atoms with Gasteiger partial charge in [-0.25, -0.2) is 4.39 Å². The van der Waals surface area contributed by atoms with E-state index in [-0.39, 0.29) is 18.6 Å². The molecule has 18 heavy (non-hydrogen) atoms. The van der Waals surface area contributed by atoms with E-state index < -0.39 is 17.7 Å². The summed E-state index contributed by atoms with van der Waals surface area (Å²) in [5, 5.41) is 2.45. The number of hydrogen-bond donors (Lipinski definition) is 1. The Morgan fingerprint density at radius 1 is 1.39 bits per heavy atom. The molecule has 0 bridgehead atoms. The molecule has 0 heterocycles. The maximum Gasteiger partial charge on any atom is 0.310 e. The summed E-state index contributed by atoms with van der Waals surface area (Å²) in [4.78, 5) is 22.5. The highest BCUT2D eigenvalue weighted by Crippen LogP contribution is 2.07. The highest BCUT2D eigenvalue weighted by molar-refractivity contribution is 5.81. The zero-order valence-corrected chi connectivity index (χ0v) is 9.82. The number of rotatable bonds is 6. The van der Waals surface area contributed by atoms with Crippen LogP contribution in [-0.2, 0) is 20.7 Å². The third kappa shape index (κ3) is 4.78. The Labute approximate surface area is 104 Å². The molecule has 96 valence electrons. The molecule has 0 aliphatic carbocycles. The van der Waals surface area contributed by atoms with Gasteiger partial charge in [0.15, 0.2) is 6.61 Å². The van der Waals surface area contributed by atoms with E-state index in [2.05, 4.69) is 11.9 Å². The molecule has 0 atom stereocenters. The molecule has 0 radical (unpaired) electrons. The number of carbonyl (C=O) groups is 2. The normalized spacial score (nSPS) is 9.61.